The largest absolute Gasteiger partial charge is 0.497 e. The van der Waals surface area contributed by atoms with Gasteiger partial charge in [-0.25, -0.2) is 0 Å². The van der Waals surface area contributed by atoms with Crippen LogP contribution in [0.3, 0.4) is 0 Å². The van der Waals surface area contributed by atoms with Crippen molar-refractivity contribution >= 4 is 40.5 Å². The molecule has 1 saturated heterocycles. The number of ether oxygens (including phenoxy) is 1. The Balaban J connectivity index is 1.36. The van der Waals surface area contributed by atoms with Crippen molar-refractivity contribution in [2.75, 3.05) is 35.3 Å². The molecule has 1 N–H and O–H groups in total. The van der Waals surface area contributed by atoms with Gasteiger partial charge in [-0.1, -0.05) is 24.3 Å². The zero-order chi connectivity index (χ0) is 25.6. The molecule has 4 aliphatic rings. The van der Waals surface area contributed by atoms with Crippen LogP contribution in [0.1, 0.15) is 42.4 Å². The van der Waals surface area contributed by atoms with Gasteiger partial charge in [0.25, 0.3) is 0 Å². The van der Waals surface area contributed by atoms with Gasteiger partial charge in [0.1, 0.15) is 11.8 Å². The van der Waals surface area contributed by atoms with Crippen LogP contribution in [-0.4, -0.2) is 20.2 Å². The van der Waals surface area contributed by atoms with Crippen LogP contribution in [0.4, 0.5) is 22.7 Å². The van der Waals surface area contributed by atoms with Crippen molar-refractivity contribution in [2.24, 2.45) is 0 Å². The summed E-state index contributed by atoms with van der Waals surface area (Å²) in [5.41, 5.74) is 10.0. The van der Waals surface area contributed by atoms with Gasteiger partial charge in [0, 0.05) is 52.2 Å². The van der Waals surface area contributed by atoms with E-state index in [1.807, 2.05) is 12.1 Å². The smallest absolute Gasteiger partial charge is 0.119 e. The van der Waals surface area contributed by atoms with Crippen LogP contribution in [0.25, 0.3) is 17.7 Å². The van der Waals surface area contributed by atoms with E-state index in [0.717, 1.165) is 70.8 Å². The van der Waals surface area contributed by atoms with Crippen LogP contribution in [0.15, 0.2) is 66.5 Å². The molecule has 0 aromatic heterocycles. The van der Waals surface area contributed by atoms with Crippen molar-refractivity contribution in [3.63, 3.8) is 0 Å². The molecule has 5 heteroatoms. The van der Waals surface area contributed by atoms with E-state index in [9.17, 15) is 5.26 Å². The number of rotatable bonds is 3. The molecule has 1 aliphatic carbocycles. The third-order valence-corrected chi connectivity index (χ3v) is 8.24. The van der Waals surface area contributed by atoms with Gasteiger partial charge in [0.05, 0.1) is 29.7 Å². The minimum absolute atomic E-state index is 0.826. The monoisotopic (exact) mass is 498 g/mol. The van der Waals surface area contributed by atoms with E-state index in [4.69, 9.17) is 4.74 Å². The van der Waals surface area contributed by atoms with Gasteiger partial charge in [-0.15, -0.1) is 0 Å². The van der Waals surface area contributed by atoms with Crippen LogP contribution in [0.2, 0.25) is 0 Å². The number of allylic oxidation sites excluding steroid dienone is 3. The third kappa shape index (κ3) is 3.60. The first-order valence-electron chi connectivity index (χ1n) is 13.5. The fourth-order valence-electron chi connectivity index (χ4n) is 6.34. The molecule has 5 nitrogen and oxygen atoms in total. The van der Waals surface area contributed by atoms with Crippen LogP contribution in [0, 0.1) is 11.3 Å². The highest BCUT2D eigenvalue weighted by Gasteiger charge is 2.28. The number of hydrogen-bond acceptors (Lipinski definition) is 5. The SMILES string of the molecule is COc1ccc(N2C=CC=c3ccc4c(c32)NC2=C(C=4)c3c(ccc(N4CCCCC4)c3C#N)CC2)cc1. The lowest BCUT2D eigenvalue weighted by molar-refractivity contribution is 0.415. The fraction of sp³-hybridized carbons (Fsp3) is 0.242. The molecule has 0 unspecified atom stereocenters. The van der Waals surface area contributed by atoms with Crippen molar-refractivity contribution in [2.45, 2.75) is 32.1 Å². The highest BCUT2D eigenvalue weighted by Crippen LogP contribution is 2.42. The van der Waals surface area contributed by atoms with Gasteiger partial charge < -0.3 is 19.9 Å². The highest BCUT2D eigenvalue weighted by molar-refractivity contribution is 6.01. The van der Waals surface area contributed by atoms with E-state index in [-0.39, 0.29) is 0 Å². The van der Waals surface area contributed by atoms with Crippen LogP contribution >= 0.6 is 0 Å². The summed E-state index contributed by atoms with van der Waals surface area (Å²) in [6.45, 7) is 2.06. The first-order valence-corrected chi connectivity index (χ1v) is 13.5. The molecule has 0 bridgehead atoms. The van der Waals surface area contributed by atoms with Crippen LogP contribution < -0.4 is 30.3 Å². The number of nitriles is 1. The number of fused-ring (bicyclic) bond motifs is 5. The Morgan fingerprint density at radius 3 is 2.53 bits per heavy atom. The lowest BCUT2D eigenvalue weighted by Crippen LogP contribution is -2.31. The third-order valence-electron chi connectivity index (χ3n) is 8.24. The second-order valence-electron chi connectivity index (χ2n) is 10.4. The van der Waals surface area contributed by atoms with Crippen molar-refractivity contribution in [3.8, 4) is 11.8 Å². The van der Waals surface area contributed by atoms with Crippen LogP contribution in [0.5, 0.6) is 5.75 Å². The number of nitrogens with one attached hydrogen (secondary N) is 1. The maximum absolute atomic E-state index is 10.4. The summed E-state index contributed by atoms with van der Waals surface area (Å²) >= 11 is 0. The Labute approximate surface area is 223 Å². The molecule has 7 rings (SSSR count). The molecule has 0 spiro atoms. The molecule has 3 aliphatic heterocycles. The molecule has 1 fully saturated rings. The number of aryl methyl sites for hydroxylation is 1. The average molecular weight is 499 g/mol. The van der Waals surface area contributed by atoms with E-state index in [2.05, 4.69) is 82.0 Å². The van der Waals surface area contributed by atoms with Crippen molar-refractivity contribution in [1.29, 1.82) is 5.26 Å². The van der Waals surface area contributed by atoms with E-state index in [1.54, 1.807) is 7.11 Å². The summed E-state index contributed by atoms with van der Waals surface area (Å²) in [7, 11) is 1.69. The van der Waals surface area contributed by atoms with E-state index < -0.39 is 0 Å². The molecule has 3 heterocycles. The lowest BCUT2D eigenvalue weighted by atomic mass is 9.82. The minimum atomic E-state index is 0.826. The molecule has 0 radical (unpaired) electrons. The molecule has 0 saturated carbocycles. The van der Waals surface area contributed by atoms with Gasteiger partial charge in [0.2, 0.25) is 0 Å². The summed E-state index contributed by atoms with van der Waals surface area (Å²) in [6, 6.07) is 19.6. The Bertz CT molecular complexity index is 1670. The standard InChI is InChI=1S/C33H30N4O/c1-38-26-13-11-25(12-14-26)37-19-5-6-23-7-8-24-20-27-29(35-32(24)33(23)37)15-9-22-10-16-30(28(21-34)31(22)27)36-17-3-2-4-18-36/h5-8,10-14,16,19-20,35H,2-4,9,15,17-18H2,1H3. The Kier molecular flexibility index (Phi) is 5.47. The van der Waals surface area contributed by atoms with E-state index in [1.165, 1.54) is 41.3 Å². The second kappa shape index (κ2) is 9.15. The number of piperidine rings is 1. The maximum Gasteiger partial charge on any atom is 0.119 e. The van der Waals surface area contributed by atoms with Gasteiger partial charge in [-0.2, -0.15) is 5.26 Å². The normalized spacial score (nSPS) is 17.2. The Morgan fingerprint density at radius 2 is 1.74 bits per heavy atom. The quantitative estimate of drug-likeness (QED) is 0.512. The predicted octanol–water partition coefficient (Wildman–Crippen LogP) is 5.57. The number of nitrogens with zero attached hydrogens (tertiary/aromatic N) is 3. The molecular formula is C33H30N4O. The van der Waals surface area contributed by atoms with Gasteiger partial charge in [-0.05, 0) is 80.2 Å². The highest BCUT2D eigenvalue weighted by atomic mass is 16.5. The molecule has 38 heavy (non-hydrogen) atoms. The zero-order valence-corrected chi connectivity index (χ0v) is 21.6. The Hall–Kier alpha value is -4.43. The van der Waals surface area contributed by atoms with Gasteiger partial charge in [-0.3, -0.25) is 0 Å². The van der Waals surface area contributed by atoms with Crippen molar-refractivity contribution in [1.82, 2.24) is 0 Å². The summed E-state index contributed by atoms with van der Waals surface area (Å²) in [6.07, 6.45) is 14.2. The minimum Gasteiger partial charge on any atom is -0.497 e. The summed E-state index contributed by atoms with van der Waals surface area (Å²) < 4.78 is 5.38. The lowest BCUT2D eigenvalue weighted by Gasteiger charge is -2.34. The number of anilines is 4. The van der Waals surface area contributed by atoms with Crippen molar-refractivity contribution in [3.05, 3.63) is 93.6 Å². The molecule has 3 aromatic rings. The number of benzene rings is 3. The Morgan fingerprint density at radius 1 is 0.921 bits per heavy atom. The van der Waals surface area contributed by atoms with Gasteiger partial charge >= 0.3 is 0 Å². The summed E-state index contributed by atoms with van der Waals surface area (Å²) in [5.74, 6) is 0.843. The van der Waals surface area contributed by atoms with E-state index >= 15 is 0 Å². The second-order valence-corrected chi connectivity index (χ2v) is 10.4. The molecule has 0 amide bonds. The average Bonchev–Trinajstić information content (AvgIpc) is 2.99. The maximum atomic E-state index is 10.4. The predicted molar refractivity (Wildman–Crippen MR) is 155 cm³/mol. The molecule has 188 valence electrons. The van der Waals surface area contributed by atoms with E-state index in [0.29, 0.717) is 0 Å². The molecular weight excluding hydrogens is 468 g/mol. The fourth-order valence-corrected chi connectivity index (χ4v) is 6.34. The summed E-state index contributed by atoms with van der Waals surface area (Å²) in [5, 5.41) is 16.5. The number of methoxy groups -OCH3 is 1. The topological polar surface area (TPSA) is 51.5 Å². The number of hydrogen-bond donors (Lipinski definition) is 1. The first-order chi connectivity index (χ1) is 18.7. The molecule has 0 atom stereocenters. The summed E-state index contributed by atoms with van der Waals surface area (Å²) in [4.78, 5) is 4.65. The zero-order valence-electron chi connectivity index (χ0n) is 21.6. The molecule has 3 aromatic carbocycles. The first kappa shape index (κ1) is 22.7. The van der Waals surface area contributed by atoms with Gasteiger partial charge in [0.15, 0.2) is 0 Å². The van der Waals surface area contributed by atoms with Crippen LogP contribution in [-0.2, 0) is 6.42 Å². The van der Waals surface area contributed by atoms with Crippen molar-refractivity contribution < 1.29 is 4.74 Å².